The van der Waals surface area contributed by atoms with Crippen molar-refractivity contribution in [2.75, 3.05) is 19.7 Å². The Bertz CT molecular complexity index is 892. The van der Waals surface area contributed by atoms with E-state index in [1.165, 1.54) is 18.0 Å². The van der Waals surface area contributed by atoms with E-state index in [9.17, 15) is 24.0 Å². The largest absolute Gasteiger partial charge is 0.456 e. The molecule has 28 heavy (non-hydrogen) atoms. The van der Waals surface area contributed by atoms with Crippen molar-refractivity contribution in [2.24, 2.45) is 0 Å². The van der Waals surface area contributed by atoms with E-state index in [-0.39, 0.29) is 13.2 Å². The van der Waals surface area contributed by atoms with Gasteiger partial charge in [0.2, 0.25) is 0 Å². The summed E-state index contributed by atoms with van der Waals surface area (Å²) >= 11 is 0. The van der Waals surface area contributed by atoms with Crippen molar-refractivity contribution < 1.29 is 33.3 Å². The van der Waals surface area contributed by atoms with Gasteiger partial charge in [-0.1, -0.05) is 0 Å². The summed E-state index contributed by atoms with van der Waals surface area (Å²) in [5.41, 5.74) is -1.41. The summed E-state index contributed by atoms with van der Waals surface area (Å²) in [4.78, 5) is 61.9. The molecule has 1 aromatic heterocycles. The molecule has 1 N–H and O–H groups in total. The maximum absolute atomic E-state index is 12.2. The highest BCUT2D eigenvalue weighted by Gasteiger charge is 2.51. The molecule has 0 spiro atoms. The van der Waals surface area contributed by atoms with Gasteiger partial charge in [0.05, 0.1) is 13.1 Å². The molecule has 152 valence electrons. The predicted octanol–water partition coefficient (Wildman–Crippen LogP) is -1.25. The molecule has 12 nitrogen and oxygen atoms in total. The zero-order chi connectivity index (χ0) is 20.4. The summed E-state index contributed by atoms with van der Waals surface area (Å²) in [6.45, 7) is 2.84. The third kappa shape index (κ3) is 4.06. The fourth-order valence-corrected chi connectivity index (χ4v) is 3.17. The quantitative estimate of drug-likeness (QED) is 0.475. The van der Waals surface area contributed by atoms with E-state index >= 15 is 0 Å². The van der Waals surface area contributed by atoms with Gasteiger partial charge in [-0.3, -0.25) is 23.9 Å². The van der Waals surface area contributed by atoms with Gasteiger partial charge in [-0.25, -0.2) is 9.59 Å². The van der Waals surface area contributed by atoms with Crippen LogP contribution in [0.5, 0.6) is 0 Å². The summed E-state index contributed by atoms with van der Waals surface area (Å²) in [6.07, 6.45) is -3.71. The van der Waals surface area contributed by atoms with Crippen molar-refractivity contribution in [3.8, 4) is 0 Å². The van der Waals surface area contributed by atoms with E-state index in [4.69, 9.17) is 18.9 Å². The number of nitrogens with zero attached hydrogens (tertiary/aromatic N) is 2. The van der Waals surface area contributed by atoms with Crippen LogP contribution in [0.4, 0.5) is 4.79 Å². The summed E-state index contributed by atoms with van der Waals surface area (Å²) in [5, 5.41) is 0. The van der Waals surface area contributed by atoms with Gasteiger partial charge in [-0.2, -0.15) is 0 Å². The highest BCUT2D eigenvalue weighted by atomic mass is 16.6. The van der Waals surface area contributed by atoms with Crippen molar-refractivity contribution in [2.45, 2.75) is 38.4 Å². The number of aromatic nitrogens is 2. The molecular weight excluding hydrogens is 378 g/mol. The summed E-state index contributed by atoms with van der Waals surface area (Å²) in [6, 6.07) is 1.10. The molecular formula is C16H19N3O9. The van der Waals surface area contributed by atoms with Gasteiger partial charge in [-0.15, -0.1) is 0 Å². The molecule has 0 saturated carbocycles. The molecule has 2 aliphatic rings. The second-order valence-electron chi connectivity index (χ2n) is 6.29. The second-order valence-corrected chi connectivity index (χ2v) is 6.29. The van der Waals surface area contributed by atoms with Crippen LogP contribution in [0.25, 0.3) is 0 Å². The Morgan fingerprint density at radius 3 is 2.43 bits per heavy atom. The summed E-state index contributed by atoms with van der Waals surface area (Å²) in [7, 11) is 0. The third-order valence-electron chi connectivity index (χ3n) is 4.26. The van der Waals surface area contributed by atoms with Crippen LogP contribution in [0.1, 0.15) is 20.1 Å². The number of cyclic esters (lactones) is 1. The average Bonchev–Trinajstić information content (AvgIpc) is 3.13. The van der Waals surface area contributed by atoms with E-state index in [1.807, 2.05) is 0 Å². The molecule has 4 unspecified atom stereocenters. The van der Waals surface area contributed by atoms with E-state index in [2.05, 4.69) is 4.98 Å². The van der Waals surface area contributed by atoms with Crippen LogP contribution >= 0.6 is 0 Å². The highest BCUT2D eigenvalue weighted by Crippen LogP contribution is 2.34. The van der Waals surface area contributed by atoms with Gasteiger partial charge in [0.15, 0.2) is 18.4 Å². The number of amides is 1. The van der Waals surface area contributed by atoms with Gasteiger partial charge in [0.25, 0.3) is 5.56 Å². The molecule has 1 aromatic rings. The van der Waals surface area contributed by atoms with Crippen LogP contribution in [0, 0.1) is 0 Å². The second kappa shape index (κ2) is 7.84. The lowest BCUT2D eigenvalue weighted by atomic mass is 10.1. The topological polar surface area (TPSA) is 146 Å². The highest BCUT2D eigenvalue weighted by molar-refractivity contribution is 5.69. The zero-order valence-corrected chi connectivity index (χ0v) is 15.2. The van der Waals surface area contributed by atoms with Crippen LogP contribution in [-0.2, 0) is 28.5 Å². The Balaban J connectivity index is 1.96. The van der Waals surface area contributed by atoms with E-state index in [0.717, 1.165) is 17.6 Å². The maximum atomic E-state index is 12.2. The van der Waals surface area contributed by atoms with Gasteiger partial charge < -0.3 is 23.8 Å². The van der Waals surface area contributed by atoms with Crippen LogP contribution in [0.2, 0.25) is 0 Å². The first-order chi connectivity index (χ1) is 13.3. The molecule has 0 radical (unpaired) electrons. The molecule has 1 amide bonds. The molecule has 3 rings (SSSR count). The van der Waals surface area contributed by atoms with Gasteiger partial charge in [0.1, 0.15) is 12.7 Å². The Kier molecular flexibility index (Phi) is 5.49. The lowest BCUT2D eigenvalue weighted by Gasteiger charge is -2.25. The summed E-state index contributed by atoms with van der Waals surface area (Å²) < 4.78 is 22.3. The minimum atomic E-state index is -1.18. The molecule has 0 aromatic carbocycles. The number of aromatic amines is 1. The number of hydrogen-bond acceptors (Lipinski definition) is 9. The van der Waals surface area contributed by atoms with Crippen LogP contribution in [0.15, 0.2) is 21.9 Å². The van der Waals surface area contributed by atoms with Gasteiger partial charge >= 0.3 is 23.7 Å². The molecule has 0 bridgehead atoms. The average molecular weight is 397 g/mol. The first-order valence-corrected chi connectivity index (χ1v) is 8.49. The zero-order valence-electron chi connectivity index (χ0n) is 15.2. The predicted molar refractivity (Wildman–Crippen MR) is 89.3 cm³/mol. The molecule has 3 heterocycles. The number of carbonyl (C=O) groups is 3. The fourth-order valence-electron chi connectivity index (χ4n) is 3.17. The van der Waals surface area contributed by atoms with Gasteiger partial charge in [-0.05, 0) is 0 Å². The monoisotopic (exact) mass is 397 g/mol. The molecule has 2 fully saturated rings. The fraction of sp³-hybridized carbons (Fsp3) is 0.562. The SMILES string of the molecule is CC(=O)OC1C(CN2CCOC2=O)OC(n2ccc(=O)[nH]c2=O)C1OC(C)=O. The number of carbonyl (C=O) groups excluding carboxylic acids is 3. The maximum Gasteiger partial charge on any atom is 0.410 e. The van der Waals surface area contributed by atoms with E-state index < -0.39 is 53.8 Å². The van der Waals surface area contributed by atoms with E-state index in [0.29, 0.717) is 6.54 Å². The van der Waals surface area contributed by atoms with Crippen LogP contribution in [-0.4, -0.2) is 70.5 Å². The molecule has 4 atom stereocenters. The minimum Gasteiger partial charge on any atom is -0.456 e. The lowest BCUT2D eigenvalue weighted by molar-refractivity contribution is -0.165. The van der Waals surface area contributed by atoms with Crippen molar-refractivity contribution in [1.29, 1.82) is 0 Å². The third-order valence-corrected chi connectivity index (χ3v) is 4.26. The number of rotatable bonds is 5. The van der Waals surface area contributed by atoms with Crippen molar-refractivity contribution in [3.05, 3.63) is 33.1 Å². The Labute approximate surface area is 157 Å². The molecule has 2 aliphatic heterocycles. The molecule has 0 aliphatic carbocycles. The standard InChI is InChI=1S/C16H19N3O9/c1-8(20)26-12-10(7-18-5-6-25-16(18)24)28-14(13(12)27-9(2)21)19-4-3-11(22)17-15(19)23/h3-4,10,12-14H,5-7H2,1-2H3,(H,17,22,23). The van der Waals surface area contributed by atoms with E-state index in [1.54, 1.807) is 0 Å². The van der Waals surface area contributed by atoms with Crippen LogP contribution < -0.4 is 11.2 Å². The Hall–Kier alpha value is -3.15. The summed E-state index contributed by atoms with van der Waals surface area (Å²) in [5.74, 6) is -1.34. The van der Waals surface area contributed by atoms with Crippen molar-refractivity contribution in [3.63, 3.8) is 0 Å². The number of H-pyrrole nitrogens is 1. The number of nitrogens with one attached hydrogen (secondary N) is 1. The first-order valence-electron chi connectivity index (χ1n) is 8.49. The van der Waals surface area contributed by atoms with Gasteiger partial charge in [0, 0.05) is 26.1 Å². The molecule has 12 heteroatoms. The number of esters is 2. The normalized spacial score (nSPS) is 26.8. The van der Waals surface area contributed by atoms with Crippen molar-refractivity contribution >= 4 is 18.0 Å². The number of ether oxygens (including phenoxy) is 4. The molecule has 2 saturated heterocycles. The smallest absolute Gasteiger partial charge is 0.410 e. The Morgan fingerprint density at radius 2 is 1.86 bits per heavy atom. The Morgan fingerprint density at radius 1 is 1.18 bits per heavy atom. The first kappa shape index (κ1) is 19.6. The number of hydrogen-bond donors (Lipinski definition) is 1. The lowest BCUT2D eigenvalue weighted by Crippen LogP contribution is -2.44. The van der Waals surface area contributed by atoms with Crippen molar-refractivity contribution in [1.82, 2.24) is 14.5 Å². The van der Waals surface area contributed by atoms with Crippen LogP contribution in [0.3, 0.4) is 0 Å². The minimum absolute atomic E-state index is 0.0108.